The Kier molecular flexibility index (Phi) is 3.06. The van der Waals surface area contributed by atoms with Gasteiger partial charge in [-0.3, -0.25) is 0 Å². The minimum absolute atomic E-state index is 0.0825. The molecule has 0 fully saturated rings. The van der Waals surface area contributed by atoms with Crippen molar-refractivity contribution >= 4 is 21.5 Å². The first-order valence-corrected chi connectivity index (χ1v) is 6.40. The summed E-state index contributed by atoms with van der Waals surface area (Å²) in [5.74, 6) is 0. The molecule has 3 aromatic rings. The molecule has 0 saturated carbocycles. The topological polar surface area (TPSA) is 23.8 Å². The van der Waals surface area contributed by atoms with Gasteiger partial charge in [-0.1, -0.05) is 48.5 Å². The summed E-state index contributed by atoms with van der Waals surface area (Å²) in [6, 6.07) is 14.8. The van der Waals surface area contributed by atoms with Gasteiger partial charge in [-0.15, -0.1) is 0 Å². The highest BCUT2D eigenvalue weighted by molar-refractivity contribution is 6.06. The van der Waals surface area contributed by atoms with E-state index in [1.54, 1.807) is 36.4 Å². The molecule has 0 unspecified atom stereocenters. The van der Waals surface area contributed by atoms with E-state index in [1.807, 2.05) is 6.07 Å². The summed E-state index contributed by atoms with van der Waals surface area (Å²) in [7, 11) is 0. The number of benzene rings is 3. The summed E-state index contributed by atoms with van der Waals surface area (Å²) in [5.41, 5.74) is 0.0205. The SMILES string of the molecule is N#CCc1c2ccccc2c(C(F)(F)F)c2ccccc12. The zero-order valence-electron chi connectivity index (χ0n) is 10.9. The lowest BCUT2D eigenvalue weighted by Gasteiger charge is -2.17. The van der Waals surface area contributed by atoms with Crippen molar-refractivity contribution in [2.75, 3.05) is 0 Å². The van der Waals surface area contributed by atoms with Crippen LogP contribution < -0.4 is 0 Å². The second kappa shape index (κ2) is 4.78. The summed E-state index contributed by atoms with van der Waals surface area (Å²) in [5, 5.41) is 10.3. The van der Waals surface area contributed by atoms with Gasteiger partial charge >= 0.3 is 6.18 Å². The van der Waals surface area contributed by atoms with E-state index in [4.69, 9.17) is 5.26 Å². The number of nitrogens with zero attached hydrogens (tertiary/aromatic N) is 1. The van der Waals surface area contributed by atoms with Crippen LogP contribution in [0, 0.1) is 11.3 Å². The van der Waals surface area contributed by atoms with Gasteiger partial charge in [-0.25, -0.2) is 0 Å². The molecule has 0 aliphatic heterocycles. The Morgan fingerprint density at radius 1 is 0.810 bits per heavy atom. The fourth-order valence-corrected chi connectivity index (χ4v) is 2.79. The Hall–Kier alpha value is -2.54. The van der Waals surface area contributed by atoms with Crippen LogP contribution in [0.4, 0.5) is 13.2 Å². The first-order chi connectivity index (χ1) is 10.0. The second-order valence-electron chi connectivity index (χ2n) is 4.78. The molecule has 21 heavy (non-hydrogen) atoms. The summed E-state index contributed by atoms with van der Waals surface area (Å²) >= 11 is 0. The van der Waals surface area contributed by atoms with E-state index in [1.165, 1.54) is 12.1 Å². The van der Waals surface area contributed by atoms with E-state index in [2.05, 4.69) is 0 Å². The maximum absolute atomic E-state index is 13.5. The van der Waals surface area contributed by atoms with Crippen molar-refractivity contribution in [3.63, 3.8) is 0 Å². The highest BCUT2D eigenvalue weighted by Crippen LogP contribution is 2.42. The molecule has 0 N–H and O–H groups in total. The number of nitriles is 1. The molecule has 0 amide bonds. The van der Waals surface area contributed by atoms with Gasteiger partial charge < -0.3 is 0 Å². The fourth-order valence-electron chi connectivity index (χ4n) is 2.79. The third-order valence-corrected chi connectivity index (χ3v) is 3.58. The molecule has 0 aliphatic carbocycles. The molecule has 0 spiro atoms. The Bertz CT molecular complexity index is 816. The van der Waals surface area contributed by atoms with E-state index in [-0.39, 0.29) is 17.2 Å². The maximum Gasteiger partial charge on any atom is 0.417 e. The van der Waals surface area contributed by atoms with Crippen LogP contribution in [0.3, 0.4) is 0 Å². The summed E-state index contributed by atoms with van der Waals surface area (Å²) < 4.78 is 40.5. The number of rotatable bonds is 1. The molecule has 0 atom stereocenters. The van der Waals surface area contributed by atoms with Crippen LogP contribution in [0.2, 0.25) is 0 Å². The van der Waals surface area contributed by atoms with Crippen molar-refractivity contribution in [2.24, 2.45) is 0 Å². The lowest BCUT2D eigenvalue weighted by atomic mass is 9.90. The predicted molar refractivity (Wildman–Crippen MR) is 75.8 cm³/mol. The molecule has 0 saturated heterocycles. The number of alkyl halides is 3. The molecule has 104 valence electrons. The lowest BCUT2D eigenvalue weighted by molar-refractivity contribution is -0.135. The molecule has 0 aliphatic rings. The molecule has 0 aromatic heterocycles. The van der Waals surface area contributed by atoms with Crippen LogP contribution in [0.5, 0.6) is 0 Å². The quantitative estimate of drug-likeness (QED) is 0.572. The van der Waals surface area contributed by atoms with Crippen molar-refractivity contribution in [3.05, 3.63) is 59.7 Å². The van der Waals surface area contributed by atoms with Crippen LogP contribution in [0.25, 0.3) is 21.5 Å². The smallest absolute Gasteiger partial charge is 0.198 e. The van der Waals surface area contributed by atoms with Gasteiger partial charge in [0.2, 0.25) is 0 Å². The van der Waals surface area contributed by atoms with E-state index >= 15 is 0 Å². The van der Waals surface area contributed by atoms with Crippen molar-refractivity contribution < 1.29 is 13.2 Å². The van der Waals surface area contributed by atoms with Crippen molar-refractivity contribution in [2.45, 2.75) is 12.6 Å². The van der Waals surface area contributed by atoms with Gasteiger partial charge in [0.15, 0.2) is 0 Å². The van der Waals surface area contributed by atoms with E-state index in [0.717, 1.165) is 0 Å². The normalized spacial score (nSPS) is 11.7. The lowest BCUT2D eigenvalue weighted by Crippen LogP contribution is -2.08. The minimum atomic E-state index is -4.44. The minimum Gasteiger partial charge on any atom is -0.198 e. The third-order valence-electron chi connectivity index (χ3n) is 3.58. The highest BCUT2D eigenvalue weighted by atomic mass is 19.4. The van der Waals surface area contributed by atoms with Crippen LogP contribution in [0.15, 0.2) is 48.5 Å². The van der Waals surface area contributed by atoms with Gasteiger partial charge in [0.25, 0.3) is 0 Å². The molecule has 3 rings (SSSR count). The molecular weight excluding hydrogens is 275 g/mol. The summed E-state index contributed by atoms with van der Waals surface area (Å²) in [6.07, 6.45) is -4.36. The summed E-state index contributed by atoms with van der Waals surface area (Å²) in [4.78, 5) is 0. The number of halogens is 3. The molecule has 1 nitrogen and oxygen atoms in total. The van der Waals surface area contributed by atoms with Gasteiger partial charge in [-0.2, -0.15) is 18.4 Å². The first kappa shape index (κ1) is 13.4. The van der Waals surface area contributed by atoms with E-state index in [9.17, 15) is 13.2 Å². The standard InChI is InChI=1S/C17H10F3N/c18-17(19,20)16-14-7-3-1-5-11(14)13(9-10-21)12-6-2-4-8-15(12)16/h1-8H,9H2. The highest BCUT2D eigenvalue weighted by Gasteiger charge is 2.35. The Morgan fingerprint density at radius 3 is 1.62 bits per heavy atom. The van der Waals surface area contributed by atoms with Crippen LogP contribution in [0.1, 0.15) is 11.1 Å². The predicted octanol–water partition coefficient (Wildman–Crippen LogP) is 5.08. The Morgan fingerprint density at radius 2 is 1.24 bits per heavy atom. The zero-order chi connectivity index (χ0) is 15.0. The zero-order valence-corrected chi connectivity index (χ0v) is 10.9. The second-order valence-corrected chi connectivity index (χ2v) is 4.78. The Balaban J connectivity index is 2.61. The molecule has 4 heteroatoms. The van der Waals surface area contributed by atoms with Gasteiger partial charge in [0.1, 0.15) is 0 Å². The van der Waals surface area contributed by atoms with Crippen molar-refractivity contribution in [1.82, 2.24) is 0 Å². The van der Waals surface area contributed by atoms with E-state index in [0.29, 0.717) is 16.3 Å². The average Bonchev–Trinajstić information content (AvgIpc) is 2.46. The molecule has 0 heterocycles. The van der Waals surface area contributed by atoms with Crippen molar-refractivity contribution in [1.29, 1.82) is 5.26 Å². The molecule has 3 aromatic carbocycles. The third kappa shape index (κ3) is 2.11. The molecule has 0 radical (unpaired) electrons. The number of hydrogen-bond donors (Lipinski definition) is 0. The van der Waals surface area contributed by atoms with E-state index < -0.39 is 11.7 Å². The monoisotopic (exact) mass is 285 g/mol. The number of fused-ring (bicyclic) bond motifs is 2. The van der Waals surface area contributed by atoms with Gasteiger partial charge in [0, 0.05) is 0 Å². The average molecular weight is 285 g/mol. The molecule has 0 bridgehead atoms. The van der Waals surface area contributed by atoms with Gasteiger partial charge in [0.05, 0.1) is 18.1 Å². The van der Waals surface area contributed by atoms with Crippen LogP contribution in [-0.2, 0) is 12.6 Å². The largest absolute Gasteiger partial charge is 0.417 e. The van der Waals surface area contributed by atoms with Gasteiger partial charge in [-0.05, 0) is 27.1 Å². The van der Waals surface area contributed by atoms with Crippen LogP contribution in [-0.4, -0.2) is 0 Å². The fraction of sp³-hybridized carbons (Fsp3) is 0.118. The number of hydrogen-bond acceptors (Lipinski definition) is 1. The first-order valence-electron chi connectivity index (χ1n) is 6.40. The maximum atomic E-state index is 13.5. The van der Waals surface area contributed by atoms with Crippen molar-refractivity contribution in [3.8, 4) is 6.07 Å². The van der Waals surface area contributed by atoms with Crippen LogP contribution >= 0.6 is 0 Å². The summed E-state index contributed by atoms with van der Waals surface area (Å²) in [6.45, 7) is 0. The Labute approximate surface area is 119 Å². The molecular formula is C17H10F3N.